The average Bonchev–Trinajstić information content (AvgIpc) is 3.20. The van der Waals surface area contributed by atoms with Crippen LogP contribution in [0.3, 0.4) is 0 Å². The van der Waals surface area contributed by atoms with Gasteiger partial charge in [-0.2, -0.15) is 0 Å². The van der Waals surface area contributed by atoms with Crippen LogP contribution in [-0.2, 0) is 5.41 Å². The van der Waals surface area contributed by atoms with Crippen LogP contribution in [0, 0.1) is 17.8 Å². The lowest BCUT2D eigenvalue weighted by atomic mass is 9.60. The number of fused-ring (bicyclic) bond motifs is 2. The Morgan fingerprint density at radius 3 is 2.58 bits per heavy atom. The lowest BCUT2D eigenvalue weighted by Crippen LogP contribution is -2.84. The summed E-state index contributed by atoms with van der Waals surface area (Å²) in [4.78, 5) is 4.71. The average molecular weight is 457 g/mol. The quantitative estimate of drug-likeness (QED) is 0.546. The number of quaternary nitrogens is 1. The molecule has 7 rings (SSSR count). The molecule has 6 aliphatic rings. The monoisotopic (exact) mass is 456 g/mol. The molecule has 5 fully saturated rings. The molecular weight excluding hydrogens is 414 g/mol. The molecule has 33 heavy (non-hydrogen) atoms. The third-order valence-corrected chi connectivity index (χ3v) is 11.0. The van der Waals surface area contributed by atoms with Crippen molar-refractivity contribution in [2.24, 2.45) is 17.8 Å². The SMILES string of the molecule is CC[C@H]1C2C[C@H]3[C@@H]4N(C)c5ccccc5[C@]45C[C@@H]([C@@H]2[C@H]5O)[N@@+]3(CC(O)CN(CC)CC)[C@@H]1O. The number of hydrogen-bond donors (Lipinski definition) is 3. The van der Waals surface area contributed by atoms with Crippen molar-refractivity contribution in [2.75, 3.05) is 38.1 Å². The summed E-state index contributed by atoms with van der Waals surface area (Å²) in [5.41, 5.74) is 2.32. The lowest BCUT2D eigenvalue weighted by Gasteiger charge is -2.68. The Balaban J connectivity index is 1.48. The van der Waals surface area contributed by atoms with Gasteiger partial charge < -0.3 is 25.1 Å². The number of likely N-dealkylation sites (N-methyl/N-ethyl adjacent to an activating group) is 2. The molecule has 6 nitrogen and oxygen atoms in total. The molecule has 5 aliphatic heterocycles. The van der Waals surface area contributed by atoms with Gasteiger partial charge in [0.1, 0.15) is 18.7 Å². The maximum atomic E-state index is 12.1. The number of para-hydroxylation sites is 1. The van der Waals surface area contributed by atoms with Gasteiger partial charge in [0.2, 0.25) is 0 Å². The molecular formula is C27H42N3O3+. The first kappa shape index (κ1) is 22.3. The molecule has 1 spiro atoms. The second kappa shape index (κ2) is 7.41. The van der Waals surface area contributed by atoms with Gasteiger partial charge in [-0.3, -0.25) is 4.48 Å². The van der Waals surface area contributed by atoms with Gasteiger partial charge in [0.05, 0.1) is 23.6 Å². The van der Waals surface area contributed by atoms with Crippen LogP contribution in [0.4, 0.5) is 5.69 Å². The molecule has 2 unspecified atom stereocenters. The van der Waals surface area contributed by atoms with Gasteiger partial charge in [-0.1, -0.05) is 39.0 Å². The highest BCUT2D eigenvalue weighted by Crippen LogP contribution is 2.71. The smallest absolute Gasteiger partial charge is 0.194 e. The maximum Gasteiger partial charge on any atom is 0.194 e. The van der Waals surface area contributed by atoms with Gasteiger partial charge in [0.25, 0.3) is 0 Å². The first-order chi connectivity index (χ1) is 15.9. The fourth-order valence-electron chi connectivity index (χ4n) is 9.96. The Morgan fingerprint density at radius 1 is 1.15 bits per heavy atom. The van der Waals surface area contributed by atoms with Gasteiger partial charge >= 0.3 is 0 Å². The number of aliphatic hydroxyl groups is 3. The highest BCUT2D eigenvalue weighted by molar-refractivity contribution is 5.66. The highest BCUT2D eigenvalue weighted by Gasteiger charge is 2.83. The van der Waals surface area contributed by atoms with E-state index in [1.807, 2.05) is 0 Å². The predicted octanol–water partition coefficient (Wildman–Crippen LogP) is 1.77. The fraction of sp³-hybridized carbons (Fsp3) is 0.778. The number of rotatable bonds is 7. The molecule has 182 valence electrons. The Labute approximate surface area is 198 Å². The van der Waals surface area contributed by atoms with Crippen LogP contribution in [0.15, 0.2) is 24.3 Å². The zero-order chi connectivity index (χ0) is 23.3. The van der Waals surface area contributed by atoms with Crippen molar-refractivity contribution in [2.45, 2.75) is 82.0 Å². The summed E-state index contributed by atoms with van der Waals surface area (Å²) in [5.74, 6) is 0.785. The van der Waals surface area contributed by atoms with Crippen LogP contribution < -0.4 is 4.90 Å². The van der Waals surface area contributed by atoms with Crippen molar-refractivity contribution < 1.29 is 19.8 Å². The van der Waals surface area contributed by atoms with E-state index in [2.05, 4.69) is 61.9 Å². The van der Waals surface area contributed by atoms with Crippen molar-refractivity contribution in [1.82, 2.24) is 4.90 Å². The molecule has 11 atom stereocenters. The summed E-state index contributed by atoms with van der Waals surface area (Å²) >= 11 is 0. The molecule has 0 radical (unpaired) electrons. The molecule has 5 heterocycles. The molecule has 1 aliphatic carbocycles. The molecule has 5 bridgehead atoms. The second-order valence-electron chi connectivity index (χ2n) is 11.7. The Morgan fingerprint density at radius 2 is 1.88 bits per heavy atom. The molecule has 4 saturated heterocycles. The van der Waals surface area contributed by atoms with Crippen LogP contribution in [-0.4, -0.2) is 94.5 Å². The van der Waals surface area contributed by atoms with Crippen molar-refractivity contribution in [1.29, 1.82) is 0 Å². The van der Waals surface area contributed by atoms with E-state index in [-0.39, 0.29) is 41.5 Å². The number of aliphatic hydroxyl groups excluding tert-OH is 3. The summed E-state index contributed by atoms with van der Waals surface area (Å²) in [6.45, 7) is 9.58. The lowest BCUT2D eigenvalue weighted by molar-refractivity contribution is -1.04. The van der Waals surface area contributed by atoms with E-state index in [1.54, 1.807) is 0 Å². The van der Waals surface area contributed by atoms with Crippen molar-refractivity contribution in [3.05, 3.63) is 29.8 Å². The zero-order valence-corrected chi connectivity index (χ0v) is 20.6. The Kier molecular flexibility index (Phi) is 5.01. The van der Waals surface area contributed by atoms with E-state index >= 15 is 0 Å². The predicted molar refractivity (Wildman–Crippen MR) is 129 cm³/mol. The fourth-order valence-corrected chi connectivity index (χ4v) is 9.96. The summed E-state index contributed by atoms with van der Waals surface area (Å²) < 4.78 is 0.601. The molecule has 0 amide bonds. The first-order valence-corrected chi connectivity index (χ1v) is 13.3. The van der Waals surface area contributed by atoms with E-state index < -0.39 is 12.3 Å². The number of hydrogen-bond acceptors (Lipinski definition) is 5. The largest absolute Gasteiger partial charge is 0.392 e. The van der Waals surface area contributed by atoms with Gasteiger partial charge in [-0.15, -0.1) is 0 Å². The third-order valence-electron chi connectivity index (χ3n) is 11.0. The van der Waals surface area contributed by atoms with Crippen molar-refractivity contribution in [3.63, 3.8) is 0 Å². The van der Waals surface area contributed by atoms with E-state index in [1.165, 1.54) is 11.3 Å². The van der Waals surface area contributed by atoms with Crippen LogP contribution in [0.1, 0.15) is 45.6 Å². The number of piperidine rings is 4. The minimum atomic E-state index is -0.478. The van der Waals surface area contributed by atoms with E-state index in [0.717, 1.165) is 32.4 Å². The summed E-state index contributed by atoms with van der Waals surface area (Å²) in [7, 11) is 2.19. The standard InChI is InChI=1S/C27H42N3O3/c1-5-17-18-12-21-24-27(19-10-8-9-11-20(19)28(24)4)13-22(23(18)25(27)32)30(21,26(17)33)15-16(31)14-29(6-2)7-3/h8-11,16-18,21-26,31-33H,5-7,12-15H2,1-4H3/q+1/t16?,17-,18?,21-,22-,23+,24-,25+,26+,27+,30-/m0/s1. The van der Waals surface area contributed by atoms with E-state index in [4.69, 9.17) is 0 Å². The number of nitrogens with zero attached hydrogens (tertiary/aromatic N) is 3. The molecule has 3 N–H and O–H groups in total. The Hall–Kier alpha value is -1.18. The van der Waals surface area contributed by atoms with Crippen LogP contribution >= 0.6 is 0 Å². The van der Waals surface area contributed by atoms with Crippen LogP contribution in [0.25, 0.3) is 0 Å². The first-order valence-electron chi connectivity index (χ1n) is 13.3. The molecule has 1 saturated carbocycles. The Bertz CT molecular complexity index is 924. The minimum Gasteiger partial charge on any atom is -0.392 e. The summed E-state index contributed by atoms with van der Waals surface area (Å²) in [5, 5.41) is 35.5. The van der Waals surface area contributed by atoms with Gasteiger partial charge in [0.15, 0.2) is 6.23 Å². The van der Waals surface area contributed by atoms with Crippen LogP contribution in [0.5, 0.6) is 0 Å². The van der Waals surface area contributed by atoms with Gasteiger partial charge in [-0.25, -0.2) is 0 Å². The highest BCUT2D eigenvalue weighted by atomic mass is 16.3. The summed E-state index contributed by atoms with van der Waals surface area (Å²) in [6.07, 6.45) is 1.60. The molecule has 0 aromatic heterocycles. The zero-order valence-electron chi connectivity index (χ0n) is 20.6. The third kappa shape index (κ3) is 2.47. The van der Waals surface area contributed by atoms with Crippen molar-refractivity contribution >= 4 is 5.69 Å². The van der Waals surface area contributed by atoms with Crippen molar-refractivity contribution in [3.8, 4) is 0 Å². The number of benzene rings is 1. The molecule has 1 aromatic rings. The summed E-state index contributed by atoms with van der Waals surface area (Å²) in [6, 6.07) is 9.31. The second-order valence-corrected chi connectivity index (χ2v) is 11.7. The van der Waals surface area contributed by atoms with Crippen LogP contribution in [0.2, 0.25) is 0 Å². The number of anilines is 1. The normalized spacial score (nSPS) is 47.3. The maximum absolute atomic E-state index is 12.1. The minimum absolute atomic E-state index is 0.171. The van der Waals surface area contributed by atoms with Gasteiger partial charge in [0, 0.05) is 44.0 Å². The van der Waals surface area contributed by atoms with E-state index in [0.29, 0.717) is 23.5 Å². The molecule has 1 aromatic carbocycles. The van der Waals surface area contributed by atoms with Gasteiger partial charge in [-0.05, 0) is 37.1 Å². The molecule has 6 heteroatoms. The van der Waals surface area contributed by atoms with E-state index in [9.17, 15) is 15.3 Å². The topological polar surface area (TPSA) is 67.2 Å².